The van der Waals surface area contributed by atoms with Crippen LogP contribution in [0, 0.1) is 12.7 Å². The Balaban J connectivity index is 1.82. The van der Waals surface area contributed by atoms with Crippen LogP contribution >= 0.6 is 15.9 Å². The zero-order valence-corrected chi connectivity index (χ0v) is 13.4. The van der Waals surface area contributed by atoms with E-state index in [0.717, 1.165) is 4.47 Å². The van der Waals surface area contributed by atoms with E-state index in [4.69, 9.17) is 4.42 Å². The minimum absolute atomic E-state index is 0.0463. The predicted molar refractivity (Wildman–Crippen MR) is 81.7 cm³/mol. The molecule has 116 valence electrons. The van der Waals surface area contributed by atoms with Gasteiger partial charge >= 0.3 is 0 Å². The summed E-state index contributed by atoms with van der Waals surface area (Å²) in [4.78, 5) is 23.5. The van der Waals surface area contributed by atoms with Crippen molar-refractivity contribution < 1.29 is 18.4 Å². The van der Waals surface area contributed by atoms with Gasteiger partial charge < -0.3 is 15.1 Å². The number of amides is 2. The SMILES string of the molecule is Cc1occc1C(=O)NCC(=O)NCc1cc(Br)ccc1F. The fourth-order valence-corrected chi connectivity index (χ4v) is 2.22. The lowest BCUT2D eigenvalue weighted by atomic mass is 10.2. The highest BCUT2D eigenvalue weighted by Gasteiger charge is 2.12. The van der Waals surface area contributed by atoms with E-state index >= 15 is 0 Å². The van der Waals surface area contributed by atoms with Gasteiger partial charge in [-0.2, -0.15) is 0 Å². The third-order valence-corrected chi connectivity index (χ3v) is 3.49. The molecule has 2 aromatic rings. The maximum atomic E-state index is 13.5. The molecule has 0 saturated carbocycles. The second kappa shape index (κ2) is 7.22. The van der Waals surface area contributed by atoms with Gasteiger partial charge in [0.05, 0.1) is 18.4 Å². The Morgan fingerprint density at radius 1 is 1.27 bits per heavy atom. The number of hydrogen-bond donors (Lipinski definition) is 2. The molecule has 0 aliphatic carbocycles. The zero-order chi connectivity index (χ0) is 16.1. The van der Waals surface area contributed by atoms with Gasteiger partial charge in [0.25, 0.3) is 5.91 Å². The second-order valence-corrected chi connectivity index (χ2v) is 5.50. The lowest BCUT2D eigenvalue weighted by molar-refractivity contribution is -0.120. The Morgan fingerprint density at radius 2 is 2.05 bits per heavy atom. The molecule has 0 spiro atoms. The molecule has 1 aromatic carbocycles. The molecule has 1 aromatic heterocycles. The Morgan fingerprint density at radius 3 is 2.73 bits per heavy atom. The van der Waals surface area contributed by atoms with Gasteiger partial charge in [-0.25, -0.2) is 4.39 Å². The van der Waals surface area contributed by atoms with E-state index in [1.54, 1.807) is 19.1 Å². The topological polar surface area (TPSA) is 71.3 Å². The molecular weight excluding hydrogens is 355 g/mol. The first kappa shape index (κ1) is 16.2. The molecule has 2 rings (SSSR count). The zero-order valence-electron chi connectivity index (χ0n) is 11.8. The maximum absolute atomic E-state index is 13.5. The molecule has 0 fully saturated rings. The number of halogens is 2. The summed E-state index contributed by atoms with van der Waals surface area (Å²) >= 11 is 3.24. The van der Waals surface area contributed by atoms with Crippen LogP contribution in [0.3, 0.4) is 0 Å². The largest absolute Gasteiger partial charge is 0.469 e. The summed E-state index contributed by atoms with van der Waals surface area (Å²) in [7, 11) is 0. The van der Waals surface area contributed by atoms with Gasteiger partial charge in [-0.3, -0.25) is 9.59 Å². The normalized spacial score (nSPS) is 10.3. The molecule has 5 nitrogen and oxygen atoms in total. The quantitative estimate of drug-likeness (QED) is 0.851. The molecule has 2 N–H and O–H groups in total. The molecular formula is C15H14BrFN2O3. The van der Waals surface area contributed by atoms with Crippen LogP contribution in [-0.4, -0.2) is 18.4 Å². The summed E-state index contributed by atoms with van der Waals surface area (Å²) in [6.07, 6.45) is 1.40. The van der Waals surface area contributed by atoms with Crippen LogP contribution in [0.25, 0.3) is 0 Å². The number of furan rings is 1. The average Bonchev–Trinajstić information content (AvgIpc) is 2.92. The third kappa shape index (κ3) is 4.17. The van der Waals surface area contributed by atoms with Gasteiger partial charge in [-0.1, -0.05) is 15.9 Å². The van der Waals surface area contributed by atoms with Crippen molar-refractivity contribution in [1.82, 2.24) is 10.6 Å². The smallest absolute Gasteiger partial charge is 0.255 e. The van der Waals surface area contributed by atoms with Crippen molar-refractivity contribution in [1.29, 1.82) is 0 Å². The van der Waals surface area contributed by atoms with E-state index in [0.29, 0.717) is 16.9 Å². The lowest BCUT2D eigenvalue weighted by Crippen LogP contribution is -2.36. The van der Waals surface area contributed by atoms with Crippen LogP contribution in [0.1, 0.15) is 21.7 Å². The van der Waals surface area contributed by atoms with Crippen LogP contribution in [0.4, 0.5) is 4.39 Å². The Labute approximate surface area is 135 Å². The van der Waals surface area contributed by atoms with E-state index in [9.17, 15) is 14.0 Å². The fraction of sp³-hybridized carbons (Fsp3) is 0.200. The van der Waals surface area contributed by atoms with Gasteiger partial charge in [0.15, 0.2) is 0 Å². The van der Waals surface area contributed by atoms with Crippen molar-refractivity contribution in [3.63, 3.8) is 0 Å². The van der Waals surface area contributed by atoms with Crippen LogP contribution in [0.15, 0.2) is 39.4 Å². The number of hydrogen-bond acceptors (Lipinski definition) is 3. The summed E-state index contributed by atoms with van der Waals surface area (Å²) in [5.74, 6) is -0.723. The lowest BCUT2D eigenvalue weighted by Gasteiger charge is -2.08. The molecule has 7 heteroatoms. The Kier molecular flexibility index (Phi) is 5.32. The standard InChI is InChI=1S/C15H14BrFN2O3/c1-9-12(4-5-22-9)15(21)19-8-14(20)18-7-10-6-11(16)2-3-13(10)17/h2-6H,7-8H2,1H3,(H,18,20)(H,19,21). The van der Waals surface area contributed by atoms with Crippen LogP contribution in [-0.2, 0) is 11.3 Å². The number of nitrogens with one attached hydrogen (secondary N) is 2. The van der Waals surface area contributed by atoms with Crippen LogP contribution in [0.2, 0.25) is 0 Å². The predicted octanol–water partition coefficient (Wildman–Crippen LogP) is 2.54. The van der Waals surface area contributed by atoms with Crippen molar-refractivity contribution in [2.45, 2.75) is 13.5 Å². The molecule has 0 saturated heterocycles. The highest BCUT2D eigenvalue weighted by molar-refractivity contribution is 9.10. The molecule has 0 atom stereocenters. The minimum Gasteiger partial charge on any atom is -0.469 e. The summed E-state index contributed by atoms with van der Waals surface area (Å²) in [5.41, 5.74) is 0.741. The third-order valence-electron chi connectivity index (χ3n) is 3.00. The van der Waals surface area contributed by atoms with Crippen LogP contribution < -0.4 is 10.6 Å². The molecule has 0 radical (unpaired) electrons. The van der Waals surface area contributed by atoms with E-state index < -0.39 is 17.6 Å². The Hall–Kier alpha value is -2.15. The van der Waals surface area contributed by atoms with Crippen molar-refractivity contribution in [2.75, 3.05) is 6.54 Å². The first-order valence-corrected chi connectivity index (χ1v) is 7.29. The summed E-state index contributed by atoms with van der Waals surface area (Å²) < 4.78 is 19.3. The molecule has 22 heavy (non-hydrogen) atoms. The van der Waals surface area contributed by atoms with E-state index in [-0.39, 0.29) is 13.1 Å². The van der Waals surface area contributed by atoms with Crippen molar-refractivity contribution in [3.05, 3.63) is 57.7 Å². The monoisotopic (exact) mass is 368 g/mol. The van der Waals surface area contributed by atoms with E-state index in [2.05, 4.69) is 26.6 Å². The van der Waals surface area contributed by atoms with E-state index in [1.165, 1.54) is 18.4 Å². The second-order valence-electron chi connectivity index (χ2n) is 4.59. The molecule has 2 amide bonds. The van der Waals surface area contributed by atoms with Crippen LogP contribution in [0.5, 0.6) is 0 Å². The first-order chi connectivity index (χ1) is 10.5. The minimum atomic E-state index is -0.408. The highest BCUT2D eigenvalue weighted by Crippen LogP contribution is 2.15. The number of benzene rings is 1. The highest BCUT2D eigenvalue weighted by atomic mass is 79.9. The van der Waals surface area contributed by atoms with E-state index in [1.807, 2.05) is 0 Å². The summed E-state index contributed by atoms with van der Waals surface area (Å²) in [6.45, 7) is 1.51. The summed E-state index contributed by atoms with van der Waals surface area (Å²) in [5, 5.41) is 5.02. The number of carbonyl (C=O) groups excluding carboxylic acids is 2. The molecule has 0 unspecified atom stereocenters. The average molecular weight is 369 g/mol. The number of carbonyl (C=O) groups is 2. The van der Waals surface area contributed by atoms with Gasteiger partial charge in [-0.15, -0.1) is 0 Å². The molecule has 1 heterocycles. The van der Waals surface area contributed by atoms with Crippen molar-refractivity contribution in [3.8, 4) is 0 Å². The van der Waals surface area contributed by atoms with Crippen molar-refractivity contribution in [2.24, 2.45) is 0 Å². The van der Waals surface area contributed by atoms with Gasteiger partial charge in [0.2, 0.25) is 5.91 Å². The number of aryl methyl sites for hydroxylation is 1. The number of rotatable bonds is 5. The van der Waals surface area contributed by atoms with Gasteiger partial charge in [0, 0.05) is 16.6 Å². The van der Waals surface area contributed by atoms with Gasteiger partial charge in [-0.05, 0) is 31.2 Å². The molecule has 0 bridgehead atoms. The molecule has 0 aliphatic rings. The van der Waals surface area contributed by atoms with Gasteiger partial charge in [0.1, 0.15) is 11.6 Å². The molecule has 0 aliphatic heterocycles. The van der Waals surface area contributed by atoms with Crippen molar-refractivity contribution >= 4 is 27.7 Å². The Bertz CT molecular complexity index is 700. The maximum Gasteiger partial charge on any atom is 0.255 e. The summed E-state index contributed by atoms with van der Waals surface area (Å²) in [6, 6.07) is 6.01. The fourth-order valence-electron chi connectivity index (χ4n) is 1.81. The first-order valence-electron chi connectivity index (χ1n) is 6.50.